The van der Waals surface area contributed by atoms with E-state index >= 15 is 0 Å². The largest absolute Gasteiger partial charge is 0.388 e. The molecule has 0 aromatic rings. The van der Waals surface area contributed by atoms with Gasteiger partial charge in [0.05, 0.1) is 19.3 Å². The molecule has 16 heavy (non-hydrogen) atoms. The predicted octanol–water partition coefficient (Wildman–Crippen LogP) is 1.06. The summed E-state index contributed by atoms with van der Waals surface area (Å²) in [6.07, 6.45) is 5.25. The summed E-state index contributed by atoms with van der Waals surface area (Å²) in [5.74, 6) is 0. The Morgan fingerprint density at radius 2 is 2.00 bits per heavy atom. The van der Waals surface area contributed by atoms with E-state index in [2.05, 4.69) is 0 Å². The average molecular weight is 231 g/mol. The maximum Gasteiger partial charge on any atom is 0.101 e. The van der Waals surface area contributed by atoms with Crippen molar-refractivity contribution in [3.63, 3.8) is 0 Å². The molecule has 0 saturated heterocycles. The Morgan fingerprint density at radius 3 is 2.75 bits per heavy atom. The summed E-state index contributed by atoms with van der Waals surface area (Å²) in [5.41, 5.74) is 6.03. The van der Waals surface area contributed by atoms with Gasteiger partial charge in [-0.25, -0.2) is 0 Å². The molecule has 4 nitrogen and oxygen atoms in total. The van der Waals surface area contributed by atoms with Crippen LogP contribution < -0.4 is 5.73 Å². The molecular formula is C12H25NO3. The van der Waals surface area contributed by atoms with E-state index in [0.717, 1.165) is 12.8 Å². The Bertz CT molecular complexity index is 178. The zero-order valence-electron chi connectivity index (χ0n) is 10.2. The quantitative estimate of drug-likeness (QED) is 0.671. The number of rotatable bonds is 6. The molecule has 0 spiro atoms. The number of nitrogens with two attached hydrogens (primary N) is 1. The van der Waals surface area contributed by atoms with E-state index < -0.39 is 6.10 Å². The first kappa shape index (κ1) is 13.9. The minimum atomic E-state index is -0.532. The molecule has 96 valence electrons. The van der Waals surface area contributed by atoms with Crippen molar-refractivity contribution < 1.29 is 14.6 Å². The zero-order valence-corrected chi connectivity index (χ0v) is 10.2. The van der Waals surface area contributed by atoms with Crippen molar-refractivity contribution in [3.8, 4) is 0 Å². The van der Waals surface area contributed by atoms with Crippen LogP contribution in [0.1, 0.15) is 39.0 Å². The first-order valence-corrected chi connectivity index (χ1v) is 6.37. The van der Waals surface area contributed by atoms with E-state index in [0.29, 0.717) is 19.8 Å². The normalized spacial score (nSPS) is 28.7. The van der Waals surface area contributed by atoms with Crippen molar-refractivity contribution in [2.75, 3.05) is 19.8 Å². The highest BCUT2D eigenvalue weighted by molar-refractivity contribution is 4.77. The molecule has 1 aliphatic carbocycles. The Balaban J connectivity index is 2.18. The second kappa shape index (κ2) is 8.01. The van der Waals surface area contributed by atoms with E-state index in [1.54, 1.807) is 0 Å². The van der Waals surface area contributed by atoms with E-state index in [4.69, 9.17) is 15.2 Å². The smallest absolute Gasteiger partial charge is 0.101 e. The predicted molar refractivity (Wildman–Crippen MR) is 63.3 cm³/mol. The van der Waals surface area contributed by atoms with Gasteiger partial charge in [-0.15, -0.1) is 0 Å². The number of hydrogen-bond acceptors (Lipinski definition) is 4. The van der Waals surface area contributed by atoms with Gasteiger partial charge in [-0.3, -0.25) is 0 Å². The molecule has 3 unspecified atom stereocenters. The van der Waals surface area contributed by atoms with Crippen LogP contribution in [0.5, 0.6) is 0 Å². The summed E-state index contributed by atoms with van der Waals surface area (Å²) in [5, 5.41) is 9.58. The fourth-order valence-corrected chi connectivity index (χ4v) is 2.05. The van der Waals surface area contributed by atoms with Gasteiger partial charge in [0.1, 0.15) is 6.10 Å². The Morgan fingerprint density at radius 1 is 1.25 bits per heavy atom. The number of aliphatic hydroxyl groups excluding tert-OH is 1. The van der Waals surface area contributed by atoms with E-state index in [-0.39, 0.29) is 12.1 Å². The van der Waals surface area contributed by atoms with Crippen LogP contribution in [0.3, 0.4) is 0 Å². The summed E-state index contributed by atoms with van der Waals surface area (Å²) in [7, 11) is 0. The van der Waals surface area contributed by atoms with Crippen LogP contribution in [0.15, 0.2) is 0 Å². The van der Waals surface area contributed by atoms with Crippen LogP contribution in [0.25, 0.3) is 0 Å². The van der Waals surface area contributed by atoms with Crippen molar-refractivity contribution in [2.45, 2.75) is 57.3 Å². The van der Waals surface area contributed by atoms with E-state index in [9.17, 15) is 5.11 Å². The number of hydrogen-bond donors (Lipinski definition) is 2. The lowest BCUT2D eigenvalue weighted by Gasteiger charge is -2.23. The maximum absolute atomic E-state index is 9.58. The molecule has 0 bridgehead atoms. The van der Waals surface area contributed by atoms with E-state index in [1.807, 2.05) is 6.92 Å². The summed E-state index contributed by atoms with van der Waals surface area (Å²) in [6.45, 7) is 3.21. The van der Waals surface area contributed by atoms with Crippen molar-refractivity contribution in [2.24, 2.45) is 5.73 Å². The van der Waals surface area contributed by atoms with Crippen molar-refractivity contribution >= 4 is 0 Å². The number of ether oxygens (including phenoxy) is 2. The minimum Gasteiger partial charge on any atom is -0.388 e. The second-order valence-corrected chi connectivity index (χ2v) is 4.49. The van der Waals surface area contributed by atoms with Gasteiger partial charge in [-0.1, -0.05) is 19.3 Å². The van der Waals surface area contributed by atoms with Gasteiger partial charge in [0.2, 0.25) is 0 Å². The summed E-state index contributed by atoms with van der Waals surface area (Å²) in [4.78, 5) is 0. The van der Waals surface area contributed by atoms with Crippen molar-refractivity contribution in [3.05, 3.63) is 0 Å². The van der Waals surface area contributed by atoms with Gasteiger partial charge in [0, 0.05) is 12.6 Å². The first-order chi connectivity index (χ1) is 7.74. The molecule has 0 aromatic heterocycles. The highest BCUT2D eigenvalue weighted by Crippen LogP contribution is 2.19. The average Bonchev–Trinajstić information content (AvgIpc) is 2.48. The third-order valence-corrected chi connectivity index (χ3v) is 3.02. The Hall–Kier alpha value is -0.160. The molecule has 0 aliphatic heterocycles. The van der Waals surface area contributed by atoms with E-state index in [1.165, 1.54) is 19.3 Å². The molecule has 3 atom stereocenters. The van der Waals surface area contributed by atoms with Gasteiger partial charge in [0.25, 0.3) is 0 Å². The zero-order chi connectivity index (χ0) is 11.8. The lowest BCUT2D eigenvalue weighted by molar-refractivity contribution is -0.0505. The molecule has 0 heterocycles. The van der Waals surface area contributed by atoms with Crippen LogP contribution in [0.2, 0.25) is 0 Å². The lowest BCUT2D eigenvalue weighted by Crippen LogP contribution is -2.38. The van der Waals surface area contributed by atoms with Crippen LogP contribution in [-0.2, 0) is 9.47 Å². The Labute approximate surface area is 98.1 Å². The highest BCUT2D eigenvalue weighted by atomic mass is 16.5. The molecule has 1 fully saturated rings. The SMILES string of the molecule is CCOCC(O)COC1CCCCCC1N. The van der Waals surface area contributed by atoms with Crippen LogP contribution >= 0.6 is 0 Å². The topological polar surface area (TPSA) is 64.7 Å². The van der Waals surface area contributed by atoms with Gasteiger partial charge >= 0.3 is 0 Å². The molecule has 0 radical (unpaired) electrons. The minimum absolute atomic E-state index is 0.110. The van der Waals surface area contributed by atoms with Gasteiger partial charge in [0.15, 0.2) is 0 Å². The van der Waals surface area contributed by atoms with Gasteiger partial charge < -0.3 is 20.3 Å². The first-order valence-electron chi connectivity index (χ1n) is 6.37. The molecular weight excluding hydrogens is 206 g/mol. The molecule has 0 amide bonds. The standard InChI is InChI=1S/C12H25NO3/c1-2-15-8-10(14)9-16-12-7-5-3-4-6-11(12)13/h10-12,14H,2-9,13H2,1H3. The van der Waals surface area contributed by atoms with Crippen LogP contribution in [0.4, 0.5) is 0 Å². The fourth-order valence-electron chi connectivity index (χ4n) is 2.05. The van der Waals surface area contributed by atoms with Crippen molar-refractivity contribution in [1.82, 2.24) is 0 Å². The fraction of sp³-hybridized carbons (Fsp3) is 1.00. The van der Waals surface area contributed by atoms with Crippen LogP contribution in [-0.4, -0.2) is 43.2 Å². The molecule has 1 aliphatic rings. The molecule has 1 rings (SSSR count). The third kappa shape index (κ3) is 5.25. The second-order valence-electron chi connectivity index (χ2n) is 4.49. The Kier molecular flexibility index (Phi) is 6.96. The summed E-state index contributed by atoms with van der Waals surface area (Å²) >= 11 is 0. The molecule has 0 aromatic carbocycles. The maximum atomic E-state index is 9.58. The summed E-state index contributed by atoms with van der Waals surface area (Å²) in [6, 6.07) is 0.127. The van der Waals surface area contributed by atoms with Crippen molar-refractivity contribution in [1.29, 1.82) is 0 Å². The summed E-state index contributed by atoms with van der Waals surface area (Å²) < 4.78 is 10.8. The highest BCUT2D eigenvalue weighted by Gasteiger charge is 2.21. The third-order valence-electron chi connectivity index (χ3n) is 3.02. The molecule has 4 heteroatoms. The monoisotopic (exact) mass is 231 g/mol. The molecule has 3 N–H and O–H groups in total. The van der Waals surface area contributed by atoms with Crippen LogP contribution in [0, 0.1) is 0 Å². The van der Waals surface area contributed by atoms with Gasteiger partial charge in [-0.05, 0) is 19.8 Å². The number of aliphatic hydroxyl groups is 1. The molecule has 1 saturated carbocycles. The van der Waals surface area contributed by atoms with Gasteiger partial charge in [-0.2, -0.15) is 0 Å². The lowest BCUT2D eigenvalue weighted by atomic mass is 10.1.